The lowest BCUT2D eigenvalue weighted by Gasteiger charge is -2.44. The molecule has 2 unspecified atom stereocenters. The van der Waals surface area contributed by atoms with E-state index in [2.05, 4.69) is 51.8 Å². The van der Waals surface area contributed by atoms with E-state index in [1.807, 2.05) is 30.3 Å². The molecule has 1 aromatic rings. The van der Waals surface area contributed by atoms with Gasteiger partial charge in [0.1, 0.15) is 6.61 Å². The number of carbonyl (C=O) groups is 1. The Bertz CT molecular complexity index is 843. The maximum absolute atomic E-state index is 12.5. The van der Waals surface area contributed by atoms with Crippen LogP contribution in [-0.4, -0.2) is 66.0 Å². The normalized spacial score (nSPS) is 20.1. The van der Waals surface area contributed by atoms with Crippen LogP contribution in [0, 0.1) is 5.41 Å². The van der Waals surface area contributed by atoms with Gasteiger partial charge in [-0.15, -0.1) is 0 Å². The minimum atomic E-state index is -1.81. The van der Waals surface area contributed by atoms with Gasteiger partial charge in [0.05, 0.1) is 12.2 Å². The van der Waals surface area contributed by atoms with E-state index in [1.165, 1.54) is 37.4 Å². The van der Waals surface area contributed by atoms with Crippen LogP contribution in [0.15, 0.2) is 30.3 Å². The predicted molar refractivity (Wildman–Crippen MR) is 166 cm³/mol. The molecule has 222 valence electrons. The van der Waals surface area contributed by atoms with Crippen molar-refractivity contribution in [3.63, 3.8) is 0 Å². The van der Waals surface area contributed by atoms with Crippen molar-refractivity contribution in [2.45, 2.75) is 122 Å². The molecule has 8 heteroatoms. The van der Waals surface area contributed by atoms with Gasteiger partial charge in [-0.3, -0.25) is 0 Å². The molecule has 1 amide bonds. The summed E-state index contributed by atoms with van der Waals surface area (Å²) in [5.74, 6) is 0. The molecular weight excluding hydrogens is 521 g/mol. The smallest absolute Gasteiger partial charge is 0.407 e. The lowest BCUT2D eigenvalue weighted by Crippen LogP contribution is -2.52. The summed E-state index contributed by atoms with van der Waals surface area (Å²) >= 11 is 0. The molecule has 2 fully saturated rings. The highest BCUT2D eigenvalue weighted by Gasteiger charge is 2.54. The van der Waals surface area contributed by atoms with Gasteiger partial charge in [0.25, 0.3) is 0 Å². The van der Waals surface area contributed by atoms with Crippen molar-refractivity contribution >= 4 is 22.7 Å². The number of likely N-dealkylation sites (tertiary alicyclic amines) is 1. The second kappa shape index (κ2) is 15.2. The van der Waals surface area contributed by atoms with Crippen molar-refractivity contribution in [2.75, 3.05) is 26.2 Å². The number of ether oxygens (including phenoxy) is 1. The van der Waals surface area contributed by atoms with Crippen LogP contribution < -0.4 is 5.32 Å². The molecule has 1 heterocycles. The number of nitrogens with zero attached hydrogens (tertiary/aromatic N) is 1. The van der Waals surface area contributed by atoms with Crippen LogP contribution in [-0.2, 0) is 20.2 Å². The maximum atomic E-state index is 12.5. The standard InChI is InChI=1S/C31H56N2O4Si2/c1-7-38(8-2,9-3)36-28(24-32-30(34)35-26-27-16-14-13-15-17-27)18-22-33-23-21-31(19-20-31)29(25-33)37-39(10-4,11-5)12-6/h13-17,28-29H,7-12,18-26H2,1-6H3,(H,32,34). The van der Waals surface area contributed by atoms with E-state index in [-0.39, 0.29) is 18.8 Å². The second-order valence-corrected chi connectivity index (χ2v) is 21.4. The van der Waals surface area contributed by atoms with Gasteiger partial charge in [-0.1, -0.05) is 71.9 Å². The van der Waals surface area contributed by atoms with E-state index < -0.39 is 16.6 Å². The van der Waals surface area contributed by atoms with Crippen LogP contribution >= 0.6 is 0 Å². The highest BCUT2D eigenvalue weighted by atomic mass is 28.4. The number of carbonyl (C=O) groups excluding carboxylic acids is 1. The van der Waals surface area contributed by atoms with E-state index in [1.54, 1.807) is 0 Å². The van der Waals surface area contributed by atoms with Gasteiger partial charge >= 0.3 is 6.09 Å². The Balaban J connectivity index is 1.59. The summed E-state index contributed by atoms with van der Waals surface area (Å²) in [5.41, 5.74) is 1.44. The van der Waals surface area contributed by atoms with Gasteiger partial charge in [-0.05, 0) is 79.5 Å². The lowest BCUT2D eigenvalue weighted by molar-refractivity contribution is 0.0135. The topological polar surface area (TPSA) is 60.0 Å². The summed E-state index contributed by atoms with van der Waals surface area (Å²) in [6, 6.07) is 16.8. The summed E-state index contributed by atoms with van der Waals surface area (Å²) < 4.78 is 19.5. The quantitative estimate of drug-likeness (QED) is 0.194. The Labute approximate surface area is 240 Å². The molecule has 0 radical (unpaired) electrons. The summed E-state index contributed by atoms with van der Waals surface area (Å²) in [5, 5.41) is 3.02. The average molecular weight is 577 g/mol. The molecule has 1 N–H and O–H groups in total. The summed E-state index contributed by atoms with van der Waals surface area (Å²) in [4.78, 5) is 15.2. The van der Waals surface area contributed by atoms with Crippen LogP contribution in [0.5, 0.6) is 0 Å². The first-order valence-electron chi connectivity index (χ1n) is 15.8. The van der Waals surface area contributed by atoms with E-state index in [4.69, 9.17) is 13.6 Å². The van der Waals surface area contributed by atoms with E-state index >= 15 is 0 Å². The van der Waals surface area contributed by atoms with Gasteiger partial charge in [0, 0.05) is 19.6 Å². The second-order valence-electron chi connectivity index (χ2n) is 12.0. The van der Waals surface area contributed by atoms with Crippen molar-refractivity contribution in [1.82, 2.24) is 10.2 Å². The Morgan fingerprint density at radius 1 is 0.949 bits per heavy atom. The monoisotopic (exact) mass is 576 g/mol. The molecule has 1 aromatic carbocycles. The van der Waals surface area contributed by atoms with Crippen LogP contribution in [0.4, 0.5) is 4.79 Å². The first-order chi connectivity index (χ1) is 18.8. The number of hydrogen-bond donors (Lipinski definition) is 1. The van der Waals surface area contributed by atoms with Gasteiger partial charge in [-0.2, -0.15) is 0 Å². The minimum Gasteiger partial charge on any atom is -0.445 e. The molecule has 39 heavy (non-hydrogen) atoms. The number of alkyl carbamates (subject to hydrolysis) is 1. The molecule has 0 aromatic heterocycles. The lowest BCUT2D eigenvalue weighted by atomic mass is 9.90. The van der Waals surface area contributed by atoms with Gasteiger partial charge < -0.3 is 23.8 Å². The van der Waals surface area contributed by atoms with E-state index in [9.17, 15) is 4.79 Å². The molecule has 1 aliphatic heterocycles. The van der Waals surface area contributed by atoms with Crippen molar-refractivity contribution in [3.05, 3.63) is 35.9 Å². The highest BCUT2D eigenvalue weighted by molar-refractivity contribution is 6.74. The minimum absolute atomic E-state index is 0.00682. The summed E-state index contributed by atoms with van der Waals surface area (Å²) in [6.07, 6.45) is 4.88. The third-order valence-corrected chi connectivity index (χ3v) is 19.4. The highest BCUT2D eigenvalue weighted by Crippen LogP contribution is 2.55. The fourth-order valence-corrected chi connectivity index (χ4v) is 12.2. The Morgan fingerprint density at radius 2 is 1.56 bits per heavy atom. The van der Waals surface area contributed by atoms with Crippen molar-refractivity contribution in [1.29, 1.82) is 0 Å². The zero-order chi connectivity index (χ0) is 28.4. The van der Waals surface area contributed by atoms with E-state index in [0.29, 0.717) is 18.1 Å². The maximum Gasteiger partial charge on any atom is 0.407 e. The van der Waals surface area contributed by atoms with Gasteiger partial charge in [-0.25, -0.2) is 4.79 Å². The number of amides is 1. The first-order valence-corrected chi connectivity index (χ1v) is 20.9. The Hall–Kier alpha value is -1.20. The fraction of sp³-hybridized carbons (Fsp3) is 0.774. The molecule has 1 saturated carbocycles. The predicted octanol–water partition coefficient (Wildman–Crippen LogP) is 7.57. The molecule has 6 nitrogen and oxygen atoms in total. The Kier molecular flexibility index (Phi) is 12.6. The Morgan fingerprint density at radius 3 is 2.13 bits per heavy atom. The molecule has 1 spiro atoms. The largest absolute Gasteiger partial charge is 0.445 e. The van der Waals surface area contributed by atoms with Crippen LogP contribution in [0.3, 0.4) is 0 Å². The number of benzene rings is 1. The molecular formula is C31H56N2O4Si2. The molecule has 1 saturated heterocycles. The molecule has 2 atom stereocenters. The zero-order valence-electron chi connectivity index (χ0n) is 25.7. The van der Waals surface area contributed by atoms with Crippen molar-refractivity contribution in [3.8, 4) is 0 Å². The number of piperidine rings is 1. The van der Waals surface area contributed by atoms with Crippen molar-refractivity contribution in [2.24, 2.45) is 5.41 Å². The molecule has 0 bridgehead atoms. The van der Waals surface area contributed by atoms with Crippen LogP contribution in [0.2, 0.25) is 36.3 Å². The average Bonchev–Trinajstić information content (AvgIpc) is 3.77. The van der Waals surface area contributed by atoms with E-state index in [0.717, 1.165) is 49.8 Å². The fourth-order valence-electron chi connectivity index (χ4n) is 6.31. The number of nitrogens with one attached hydrogen (secondary N) is 1. The van der Waals surface area contributed by atoms with Crippen LogP contribution in [0.1, 0.15) is 72.8 Å². The molecule has 2 aliphatic rings. The molecule has 3 rings (SSSR count). The van der Waals surface area contributed by atoms with Gasteiger partial charge in [0.15, 0.2) is 16.6 Å². The van der Waals surface area contributed by atoms with Gasteiger partial charge in [0.2, 0.25) is 0 Å². The number of rotatable bonds is 17. The van der Waals surface area contributed by atoms with Crippen LogP contribution in [0.25, 0.3) is 0 Å². The summed E-state index contributed by atoms with van der Waals surface area (Å²) in [7, 11) is -3.45. The first kappa shape index (κ1) is 32.3. The van der Waals surface area contributed by atoms with Crippen molar-refractivity contribution < 1.29 is 18.4 Å². The number of hydrogen-bond acceptors (Lipinski definition) is 5. The third-order valence-electron chi connectivity index (χ3n) is 10.1. The molecule has 1 aliphatic carbocycles. The SMILES string of the molecule is CC[Si](CC)(CC)OC(CCN1CCC2(CC2)C(O[Si](CC)(CC)CC)C1)CNC(=O)OCc1ccccc1. The zero-order valence-corrected chi connectivity index (χ0v) is 27.7. The summed E-state index contributed by atoms with van der Waals surface area (Å²) in [6.45, 7) is 17.8. The third kappa shape index (κ3) is 8.89.